The molecule has 1 aromatic rings. The number of amides is 2. The molecule has 2 aliphatic heterocycles. The molecule has 2 amide bonds. The van der Waals surface area contributed by atoms with Crippen LogP contribution in [0.4, 0.5) is 5.69 Å². The summed E-state index contributed by atoms with van der Waals surface area (Å²) in [6.07, 6.45) is 3.00. The summed E-state index contributed by atoms with van der Waals surface area (Å²) in [6, 6.07) is 6.85. The summed E-state index contributed by atoms with van der Waals surface area (Å²) in [7, 11) is 0. The number of likely N-dealkylation sites (tertiary alicyclic amines) is 1. The predicted molar refractivity (Wildman–Crippen MR) is 88.9 cm³/mol. The molecule has 2 aliphatic rings. The lowest BCUT2D eigenvalue weighted by Crippen LogP contribution is -2.42. The highest BCUT2D eigenvalue weighted by Crippen LogP contribution is 2.18. The molecular weight excluding hydrogens is 292 g/mol. The fourth-order valence-corrected chi connectivity index (χ4v) is 3.33. The molecule has 0 unspecified atom stereocenters. The van der Waals surface area contributed by atoms with E-state index < -0.39 is 0 Å². The molecule has 2 saturated heterocycles. The number of rotatable bonds is 4. The van der Waals surface area contributed by atoms with Crippen LogP contribution in [0.5, 0.6) is 0 Å². The highest BCUT2D eigenvalue weighted by atomic mass is 16.2. The Morgan fingerprint density at radius 3 is 2.83 bits per heavy atom. The molecular formula is C17H24N4O2. The Hall–Kier alpha value is -2.08. The van der Waals surface area contributed by atoms with Crippen molar-refractivity contribution in [3.05, 3.63) is 29.8 Å². The molecule has 0 aliphatic carbocycles. The minimum atomic E-state index is -0.119. The Morgan fingerprint density at radius 2 is 2.09 bits per heavy atom. The van der Waals surface area contributed by atoms with Crippen molar-refractivity contribution in [2.75, 3.05) is 31.9 Å². The third kappa shape index (κ3) is 3.82. The SMILES string of the molecule is Nc1cccc(C(=O)NC[C@@H]2CN[C@H](C(=O)N3CCCC3)C2)c1. The van der Waals surface area contributed by atoms with Crippen molar-refractivity contribution in [2.24, 2.45) is 5.92 Å². The number of hydrogen-bond donors (Lipinski definition) is 3. The third-order valence-electron chi connectivity index (χ3n) is 4.64. The van der Waals surface area contributed by atoms with Crippen molar-refractivity contribution < 1.29 is 9.59 Å². The number of carbonyl (C=O) groups is 2. The average Bonchev–Trinajstić information content (AvgIpc) is 3.23. The summed E-state index contributed by atoms with van der Waals surface area (Å²) in [4.78, 5) is 26.4. The molecule has 2 atom stereocenters. The maximum absolute atomic E-state index is 12.4. The first-order valence-electron chi connectivity index (χ1n) is 8.29. The van der Waals surface area contributed by atoms with E-state index >= 15 is 0 Å². The topological polar surface area (TPSA) is 87.5 Å². The maximum atomic E-state index is 12.4. The van der Waals surface area contributed by atoms with Gasteiger partial charge in [0.05, 0.1) is 6.04 Å². The molecule has 2 fully saturated rings. The van der Waals surface area contributed by atoms with Gasteiger partial charge in [0.2, 0.25) is 5.91 Å². The maximum Gasteiger partial charge on any atom is 0.251 e. The zero-order valence-corrected chi connectivity index (χ0v) is 13.3. The Bertz CT molecular complexity index is 584. The van der Waals surface area contributed by atoms with Crippen molar-refractivity contribution in [2.45, 2.75) is 25.3 Å². The monoisotopic (exact) mass is 316 g/mol. The average molecular weight is 316 g/mol. The van der Waals surface area contributed by atoms with Crippen LogP contribution in [0.15, 0.2) is 24.3 Å². The number of hydrogen-bond acceptors (Lipinski definition) is 4. The van der Waals surface area contributed by atoms with E-state index in [1.807, 2.05) is 4.90 Å². The van der Waals surface area contributed by atoms with Crippen LogP contribution in [-0.4, -0.2) is 48.9 Å². The van der Waals surface area contributed by atoms with Crippen molar-refractivity contribution in [1.29, 1.82) is 0 Å². The van der Waals surface area contributed by atoms with Gasteiger partial charge in [0.1, 0.15) is 0 Å². The zero-order valence-electron chi connectivity index (χ0n) is 13.3. The molecule has 6 nitrogen and oxygen atoms in total. The summed E-state index contributed by atoms with van der Waals surface area (Å²) in [5.74, 6) is 0.385. The van der Waals surface area contributed by atoms with Gasteiger partial charge < -0.3 is 21.3 Å². The van der Waals surface area contributed by atoms with Crippen LogP contribution < -0.4 is 16.4 Å². The summed E-state index contributed by atoms with van der Waals surface area (Å²) < 4.78 is 0. The Balaban J connectivity index is 1.46. The van der Waals surface area contributed by atoms with Crippen LogP contribution in [0, 0.1) is 5.92 Å². The van der Waals surface area contributed by atoms with Crippen molar-refractivity contribution >= 4 is 17.5 Å². The van der Waals surface area contributed by atoms with Crippen LogP contribution in [-0.2, 0) is 4.79 Å². The highest BCUT2D eigenvalue weighted by Gasteiger charge is 2.33. The van der Waals surface area contributed by atoms with Crippen molar-refractivity contribution in [1.82, 2.24) is 15.5 Å². The van der Waals surface area contributed by atoms with Gasteiger partial charge >= 0.3 is 0 Å². The third-order valence-corrected chi connectivity index (χ3v) is 4.64. The Labute approximate surface area is 136 Å². The molecule has 0 spiro atoms. The molecule has 3 rings (SSSR count). The fourth-order valence-electron chi connectivity index (χ4n) is 3.33. The molecule has 6 heteroatoms. The Kier molecular flexibility index (Phi) is 4.81. The molecule has 0 saturated carbocycles. The minimum absolute atomic E-state index is 0.0950. The number of nitrogens with zero attached hydrogens (tertiary/aromatic N) is 1. The van der Waals surface area contributed by atoms with E-state index in [1.165, 1.54) is 0 Å². The first kappa shape index (κ1) is 15.8. The van der Waals surface area contributed by atoms with Crippen LogP contribution in [0.1, 0.15) is 29.6 Å². The molecule has 2 heterocycles. The highest BCUT2D eigenvalue weighted by molar-refractivity contribution is 5.95. The largest absolute Gasteiger partial charge is 0.399 e. The summed E-state index contributed by atoms with van der Waals surface area (Å²) in [5.41, 5.74) is 6.84. The van der Waals surface area contributed by atoms with E-state index in [4.69, 9.17) is 5.73 Å². The van der Waals surface area contributed by atoms with Gasteiger partial charge in [-0.3, -0.25) is 9.59 Å². The molecule has 23 heavy (non-hydrogen) atoms. The zero-order chi connectivity index (χ0) is 16.2. The molecule has 1 aromatic carbocycles. The second kappa shape index (κ2) is 7.00. The van der Waals surface area contributed by atoms with Crippen LogP contribution in [0.25, 0.3) is 0 Å². The van der Waals surface area contributed by atoms with E-state index in [2.05, 4.69) is 10.6 Å². The summed E-state index contributed by atoms with van der Waals surface area (Å²) >= 11 is 0. The van der Waals surface area contributed by atoms with Gasteiger partial charge in [-0.05, 0) is 43.4 Å². The smallest absolute Gasteiger partial charge is 0.251 e. The fraction of sp³-hybridized carbons (Fsp3) is 0.529. The number of anilines is 1. The predicted octanol–water partition coefficient (Wildman–Crippen LogP) is 0.599. The lowest BCUT2D eigenvalue weighted by Gasteiger charge is -2.20. The number of nitrogens with two attached hydrogens (primary N) is 1. The van der Waals surface area contributed by atoms with Gasteiger partial charge in [0.15, 0.2) is 0 Å². The van der Waals surface area contributed by atoms with Gasteiger partial charge in [-0.2, -0.15) is 0 Å². The lowest BCUT2D eigenvalue weighted by atomic mass is 10.0. The number of benzene rings is 1. The first-order valence-corrected chi connectivity index (χ1v) is 8.29. The standard InChI is InChI=1S/C17H24N4O2/c18-14-5-3-4-13(9-14)16(22)20-11-12-8-15(19-10-12)17(23)21-6-1-2-7-21/h3-5,9,12,15,19H,1-2,6-8,10-11,18H2,(H,20,22)/t12-,15-/m0/s1. The number of nitrogen functional groups attached to an aromatic ring is 1. The van der Waals surface area contributed by atoms with E-state index in [0.717, 1.165) is 38.9 Å². The summed E-state index contributed by atoms with van der Waals surface area (Å²) in [6.45, 7) is 3.10. The minimum Gasteiger partial charge on any atom is -0.399 e. The van der Waals surface area contributed by atoms with Crippen LogP contribution >= 0.6 is 0 Å². The van der Waals surface area contributed by atoms with Gasteiger partial charge in [0, 0.05) is 37.4 Å². The normalized spacial score (nSPS) is 23.9. The quantitative estimate of drug-likeness (QED) is 0.710. The van der Waals surface area contributed by atoms with Gasteiger partial charge in [-0.1, -0.05) is 6.07 Å². The van der Waals surface area contributed by atoms with E-state index in [-0.39, 0.29) is 23.8 Å². The van der Waals surface area contributed by atoms with Crippen molar-refractivity contribution in [3.63, 3.8) is 0 Å². The second-order valence-corrected chi connectivity index (χ2v) is 6.43. The molecule has 4 N–H and O–H groups in total. The molecule has 0 radical (unpaired) electrons. The van der Waals surface area contributed by atoms with E-state index in [9.17, 15) is 9.59 Å². The summed E-state index contributed by atoms with van der Waals surface area (Å²) in [5, 5.41) is 6.23. The van der Waals surface area contributed by atoms with Gasteiger partial charge in [-0.15, -0.1) is 0 Å². The Morgan fingerprint density at radius 1 is 1.30 bits per heavy atom. The first-order chi connectivity index (χ1) is 11.1. The molecule has 124 valence electrons. The number of carbonyl (C=O) groups excluding carboxylic acids is 2. The van der Waals surface area contributed by atoms with Crippen LogP contribution in [0.2, 0.25) is 0 Å². The van der Waals surface area contributed by atoms with Gasteiger partial charge in [-0.25, -0.2) is 0 Å². The molecule has 0 aromatic heterocycles. The second-order valence-electron chi connectivity index (χ2n) is 6.43. The number of nitrogens with one attached hydrogen (secondary N) is 2. The van der Waals surface area contributed by atoms with Crippen molar-refractivity contribution in [3.8, 4) is 0 Å². The lowest BCUT2D eigenvalue weighted by molar-refractivity contribution is -0.132. The van der Waals surface area contributed by atoms with Gasteiger partial charge in [0.25, 0.3) is 5.91 Å². The molecule has 0 bridgehead atoms. The van der Waals surface area contributed by atoms with Crippen LogP contribution in [0.3, 0.4) is 0 Å². The van der Waals surface area contributed by atoms with E-state index in [1.54, 1.807) is 24.3 Å². The van der Waals surface area contributed by atoms with E-state index in [0.29, 0.717) is 17.8 Å².